The summed E-state index contributed by atoms with van der Waals surface area (Å²) >= 11 is 0. The second-order valence-corrected chi connectivity index (χ2v) is 5.42. The fraction of sp³-hybridized carbons (Fsp3) is 0.333. The molecule has 0 aliphatic heterocycles. The zero-order valence-corrected chi connectivity index (χ0v) is 12.9. The van der Waals surface area contributed by atoms with Crippen LogP contribution in [0.1, 0.15) is 24.0 Å². The second kappa shape index (κ2) is 7.17. The van der Waals surface area contributed by atoms with Gasteiger partial charge in [-0.15, -0.1) is 6.42 Å². The summed E-state index contributed by atoms with van der Waals surface area (Å²) in [5, 5.41) is 13.7. The molecule has 0 spiro atoms. The van der Waals surface area contributed by atoms with Crippen molar-refractivity contribution in [3.05, 3.63) is 53.5 Å². The van der Waals surface area contributed by atoms with Crippen molar-refractivity contribution in [3.63, 3.8) is 0 Å². The number of hydrogen-bond acceptors (Lipinski definition) is 4. The molecule has 1 aromatic carbocycles. The van der Waals surface area contributed by atoms with Gasteiger partial charge in [0.15, 0.2) is 0 Å². The fourth-order valence-electron chi connectivity index (χ4n) is 2.09. The van der Waals surface area contributed by atoms with Crippen LogP contribution in [-0.2, 0) is 12.1 Å². The summed E-state index contributed by atoms with van der Waals surface area (Å²) in [4.78, 5) is 0. The minimum atomic E-state index is -1.04. The molecule has 4 heteroatoms. The van der Waals surface area contributed by atoms with E-state index in [1.54, 1.807) is 13.0 Å². The summed E-state index contributed by atoms with van der Waals surface area (Å²) in [5.41, 5.74) is 0.0592. The highest BCUT2D eigenvalue weighted by atomic mass is 16.5. The largest absolute Gasteiger partial charge is 0.481 e. The van der Waals surface area contributed by atoms with E-state index in [1.807, 2.05) is 37.3 Å². The zero-order chi connectivity index (χ0) is 16.0. The van der Waals surface area contributed by atoms with E-state index in [9.17, 15) is 5.11 Å². The maximum atomic E-state index is 10.4. The number of aliphatic hydroxyl groups is 1. The molecule has 1 heterocycles. The van der Waals surface area contributed by atoms with Crippen LogP contribution < -0.4 is 10.1 Å². The van der Waals surface area contributed by atoms with Crippen LogP contribution in [0.5, 0.6) is 5.75 Å². The molecule has 2 aromatic rings. The van der Waals surface area contributed by atoms with Crippen molar-refractivity contribution >= 4 is 0 Å². The molecule has 1 unspecified atom stereocenters. The predicted octanol–water partition coefficient (Wildman–Crippen LogP) is 2.60. The van der Waals surface area contributed by atoms with E-state index in [4.69, 9.17) is 15.6 Å². The molecule has 0 saturated carbocycles. The Balaban J connectivity index is 1.84. The third-order valence-corrected chi connectivity index (χ3v) is 3.32. The molecular weight excluding hydrogens is 278 g/mol. The summed E-state index contributed by atoms with van der Waals surface area (Å²) in [5.74, 6) is 4.53. The summed E-state index contributed by atoms with van der Waals surface area (Å²) in [6, 6.07) is 11.3. The minimum Gasteiger partial charge on any atom is -0.481 e. The van der Waals surface area contributed by atoms with Crippen LogP contribution in [0.25, 0.3) is 0 Å². The Morgan fingerprint density at radius 3 is 2.59 bits per heavy atom. The number of benzene rings is 1. The van der Waals surface area contributed by atoms with Gasteiger partial charge in [0.2, 0.25) is 0 Å². The Morgan fingerprint density at radius 2 is 2.00 bits per heavy atom. The van der Waals surface area contributed by atoms with Crippen LogP contribution in [-0.4, -0.2) is 18.3 Å². The second-order valence-electron chi connectivity index (χ2n) is 5.42. The van der Waals surface area contributed by atoms with E-state index in [-0.39, 0.29) is 6.61 Å². The molecule has 0 saturated heterocycles. The van der Waals surface area contributed by atoms with Crippen LogP contribution in [0.2, 0.25) is 0 Å². The SMILES string of the molecule is C#CCOc1ccc(CNCC(C)(O)c2ccc(C)o2)cc1. The van der Waals surface area contributed by atoms with Crippen LogP contribution in [0, 0.1) is 19.3 Å². The van der Waals surface area contributed by atoms with Crippen LogP contribution in [0.15, 0.2) is 40.8 Å². The molecule has 1 aromatic heterocycles. The van der Waals surface area contributed by atoms with E-state index >= 15 is 0 Å². The first-order chi connectivity index (χ1) is 10.5. The van der Waals surface area contributed by atoms with Crippen molar-refractivity contribution in [2.24, 2.45) is 0 Å². The van der Waals surface area contributed by atoms with Crippen LogP contribution in [0.3, 0.4) is 0 Å². The van der Waals surface area contributed by atoms with Gasteiger partial charge in [-0.25, -0.2) is 0 Å². The van der Waals surface area contributed by atoms with E-state index in [0.717, 1.165) is 17.1 Å². The summed E-state index contributed by atoms with van der Waals surface area (Å²) < 4.78 is 10.8. The molecular formula is C18H21NO3. The van der Waals surface area contributed by atoms with Crippen molar-refractivity contribution in [1.29, 1.82) is 0 Å². The smallest absolute Gasteiger partial charge is 0.148 e. The molecule has 1 atom stereocenters. The molecule has 4 nitrogen and oxygen atoms in total. The number of furan rings is 1. The van der Waals surface area contributed by atoms with E-state index in [1.165, 1.54) is 0 Å². The average Bonchev–Trinajstić information content (AvgIpc) is 2.94. The maximum absolute atomic E-state index is 10.4. The average molecular weight is 299 g/mol. The van der Waals surface area contributed by atoms with Gasteiger partial charge in [-0.1, -0.05) is 18.1 Å². The Labute approximate surface area is 131 Å². The molecule has 2 rings (SSSR count). The number of nitrogens with one attached hydrogen (secondary N) is 1. The Morgan fingerprint density at radius 1 is 1.27 bits per heavy atom. The molecule has 0 fully saturated rings. The van der Waals surface area contributed by atoms with Gasteiger partial charge >= 0.3 is 0 Å². The van der Waals surface area contributed by atoms with E-state index in [0.29, 0.717) is 18.8 Å². The van der Waals surface area contributed by atoms with Gasteiger partial charge in [0, 0.05) is 13.1 Å². The number of terminal acetylenes is 1. The molecule has 2 N–H and O–H groups in total. The molecule has 0 amide bonds. The first kappa shape index (κ1) is 16.2. The van der Waals surface area contributed by atoms with Crippen molar-refractivity contribution in [1.82, 2.24) is 5.32 Å². The lowest BCUT2D eigenvalue weighted by Gasteiger charge is -2.21. The quantitative estimate of drug-likeness (QED) is 0.772. The third kappa shape index (κ3) is 4.39. The standard InChI is InChI=1S/C18H21NO3/c1-4-11-21-16-8-6-15(7-9-16)12-19-13-18(3,20)17-10-5-14(2)22-17/h1,5-10,19-20H,11-13H2,2-3H3. The first-order valence-electron chi connectivity index (χ1n) is 7.16. The lowest BCUT2D eigenvalue weighted by Crippen LogP contribution is -2.34. The number of aryl methyl sites for hydroxylation is 1. The van der Waals surface area contributed by atoms with Gasteiger partial charge in [0.25, 0.3) is 0 Å². The van der Waals surface area contributed by atoms with Gasteiger partial charge < -0.3 is 19.6 Å². The molecule has 0 aliphatic rings. The van der Waals surface area contributed by atoms with Crippen LogP contribution >= 0.6 is 0 Å². The lowest BCUT2D eigenvalue weighted by atomic mass is 10.0. The predicted molar refractivity (Wildman–Crippen MR) is 85.5 cm³/mol. The molecule has 0 aliphatic carbocycles. The zero-order valence-electron chi connectivity index (χ0n) is 12.9. The number of rotatable bonds is 7. The molecule has 22 heavy (non-hydrogen) atoms. The Kier molecular flexibility index (Phi) is 5.26. The third-order valence-electron chi connectivity index (χ3n) is 3.32. The van der Waals surface area contributed by atoms with Crippen molar-refractivity contribution in [2.45, 2.75) is 26.0 Å². The van der Waals surface area contributed by atoms with Gasteiger partial charge in [-0.05, 0) is 43.7 Å². The first-order valence-corrected chi connectivity index (χ1v) is 7.16. The van der Waals surface area contributed by atoms with Crippen molar-refractivity contribution < 1.29 is 14.3 Å². The fourth-order valence-corrected chi connectivity index (χ4v) is 2.09. The normalized spacial score (nSPS) is 13.4. The van der Waals surface area contributed by atoms with E-state index < -0.39 is 5.60 Å². The highest BCUT2D eigenvalue weighted by Crippen LogP contribution is 2.22. The Hall–Kier alpha value is -2.22. The minimum absolute atomic E-state index is 0.267. The van der Waals surface area contributed by atoms with Gasteiger partial charge in [0.05, 0.1) is 0 Å². The number of ether oxygens (including phenoxy) is 1. The lowest BCUT2D eigenvalue weighted by molar-refractivity contribution is 0.0333. The Bertz CT molecular complexity index is 635. The summed E-state index contributed by atoms with van der Waals surface area (Å²) in [6.07, 6.45) is 5.15. The number of hydrogen-bond donors (Lipinski definition) is 2. The highest BCUT2D eigenvalue weighted by Gasteiger charge is 2.26. The molecule has 0 radical (unpaired) electrons. The van der Waals surface area contributed by atoms with Gasteiger partial charge in [-0.2, -0.15) is 0 Å². The van der Waals surface area contributed by atoms with E-state index in [2.05, 4.69) is 11.2 Å². The molecule has 0 bridgehead atoms. The van der Waals surface area contributed by atoms with Crippen LogP contribution in [0.4, 0.5) is 0 Å². The van der Waals surface area contributed by atoms with Crippen molar-refractivity contribution in [2.75, 3.05) is 13.2 Å². The molecule has 116 valence electrons. The highest BCUT2D eigenvalue weighted by molar-refractivity contribution is 5.27. The van der Waals surface area contributed by atoms with Gasteiger partial charge in [-0.3, -0.25) is 0 Å². The topological polar surface area (TPSA) is 54.6 Å². The monoisotopic (exact) mass is 299 g/mol. The van der Waals surface area contributed by atoms with Crippen molar-refractivity contribution in [3.8, 4) is 18.1 Å². The summed E-state index contributed by atoms with van der Waals surface area (Å²) in [7, 11) is 0. The van der Waals surface area contributed by atoms with Gasteiger partial charge in [0.1, 0.15) is 29.5 Å². The maximum Gasteiger partial charge on any atom is 0.148 e. The summed E-state index contributed by atoms with van der Waals surface area (Å²) in [6.45, 7) is 4.90.